The number of ether oxygens (including phenoxy) is 2. The van der Waals surface area contributed by atoms with Crippen LogP contribution in [0.3, 0.4) is 0 Å². The van der Waals surface area contributed by atoms with Crippen LogP contribution in [0.2, 0.25) is 25.8 Å². The Hall–Kier alpha value is -11.8. The highest BCUT2D eigenvalue weighted by Crippen LogP contribution is 2.39. The van der Waals surface area contributed by atoms with Gasteiger partial charge in [-0.15, -0.1) is 0 Å². The van der Waals surface area contributed by atoms with E-state index >= 15 is 0 Å². The van der Waals surface area contributed by atoms with Gasteiger partial charge in [-0.3, -0.25) is 38.8 Å². The standard InChI is InChI=1S/C22H23ClN4O2.C15H10ClFN4O.C15H11ClN4O.C15H16ClN3O2.C14H15ClN4O/c1-15-19(17-7-8-24-18(23)13-17)20(16-5-3-2-4-6-16)21(26-15)22(28)25-14-27-9-11-29-12-10-27;16-14-5-11(12(17)8-20-14)9-4-13(19-6-9)15(22)21-10-2-1-3-18-7-10;16-14-8-10(1-6-18-14)11-7-13(19-9-11)15(21)20-12-2-4-17-5-3-12;1-10-8-18-14(16)7-12(10)11-6-13(17-9-11)15(20)19-2-4-21-5-3-19;15-13-8-10(1-2-17-13)11-7-12(18-9-11)14(20)19-5-3-16-4-6-19/h2-8,13,26H,9-12,14H2,1H3,(H,25,28);1-8,19H,(H,21,22);1-9,19H,(H,17,20,21);6-9,17H,2-5H2,1H3;1-2,7-9,16,18H,3-6H2. The number of carbonyl (C=O) groups excluding carboxylic acids is 5. The molecular weight excluding hydrogens is 1550 g/mol. The Labute approximate surface area is 673 Å². The molecule has 3 aliphatic rings. The number of nitrogens with zero attached hydrogens (tertiary/aromatic N) is 10. The number of aromatic nitrogens is 12. The van der Waals surface area contributed by atoms with Crippen molar-refractivity contribution in [3.8, 4) is 66.8 Å². The van der Waals surface area contributed by atoms with Crippen molar-refractivity contribution < 1.29 is 37.8 Å². The van der Waals surface area contributed by atoms with Crippen LogP contribution in [0.15, 0.2) is 208 Å². The quantitative estimate of drug-likeness (QED) is 0.0431. The summed E-state index contributed by atoms with van der Waals surface area (Å²) in [5.74, 6) is -1.17. The Morgan fingerprint density at radius 2 is 0.938 bits per heavy atom. The van der Waals surface area contributed by atoms with Crippen LogP contribution in [0.5, 0.6) is 0 Å². The van der Waals surface area contributed by atoms with Gasteiger partial charge in [0.25, 0.3) is 29.5 Å². The van der Waals surface area contributed by atoms with Crippen LogP contribution in [-0.4, -0.2) is 189 Å². The lowest BCUT2D eigenvalue weighted by atomic mass is 9.95. The van der Waals surface area contributed by atoms with Crippen LogP contribution in [0, 0.1) is 19.7 Å². The Morgan fingerprint density at radius 1 is 0.442 bits per heavy atom. The normalized spacial score (nSPS) is 13.3. The van der Waals surface area contributed by atoms with Gasteiger partial charge in [0.15, 0.2) is 0 Å². The number of hydrogen-bond acceptors (Lipinski definition) is 16. The highest BCUT2D eigenvalue weighted by molar-refractivity contribution is 6.31. The molecule has 15 heterocycles. The van der Waals surface area contributed by atoms with Crippen molar-refractivity contribution in [2.45, 2.75) is 13.8 Å². The van der Waals surface area contributed by atoms with E-state index in [1.807, 2.05) is 104 Å². The molecule has 32 heteroatoms. The zero-order valence-corrected chi connectivity index (χ0v) is 64.7. The molecule has 1 aromatic carbocycles. The molecule has 16 rings (SSSR count). The molecule has 3 saturated heterocycles. The molecule has 3 fully saturated rings. The first-order chi connectivity index (χ1) is 54.9. The van der Waals surface area contributed by atoms with E-state index in [0.717, 1.165) is 112 Å². The molecule has 5 amide bonds. The molecule has 0 aliphatic carbocycles. The van der Waals surface area contributed by atoms with Crippen LogP contribution in [0.1, 0.15) is 63.7 Å². The molecular formula is C81H75Cl5FN19O7. The molecule has 0 radical (unpaired) electrons. The summed E-state index contributed by atoms with van der Waals surface area (Å²) in [4.78, 5) is 111. The maximum atomic E-state index is 13.8. The van der Waals surface area contributed by atoms with Gasteiger partial charge in [0.2, 0.25) is 0 Å². The third kappa shape index (κ3) is 22.1. The van der Waals surface area contributed by atoms with Gasteiger partial charge >= 0.3 is 0 Å². The molecule has 0 bridgehead atoms. The predicted octanol–water partition coefficient (Wildman–Crippen LogP) is 14.9. The second-order valence-corrected chi connectivity index (χ2v) is 27.5. The SMILES string of the molecule is Cc1[nH]c(C(=O)NCN2CCOCC2)c(-c2ccccc2)c1-c1ccnc(Cl)c1.Cc1cnc(Cl)cc1-c1c[nH]c(C(=O)N2CCOCC2)c1.O=C(Nc1cccnc1)c1cc(-c2cc(Cl)ncc2F)c[nH]1.O=C(Nc1ccncc1)c1cc(-c2ccnc(Cl)c2)c[nH]1.O=C(c1cc(-c2ccnc(Cl)c2)c[nH]1)N1CCNCC1. The number of anilines is 2. The lowest BCUT2D eigenvalue weighted by Crippen LogP contribution is -2.46. The number of H-pyrrole nitrogens is 5. The number of piperazine rings is 1. The Kier molecular flexibility index (Phi) is 28.2. The van der Waals surface area contributed by atoms with Gasteiger partial charge in [-0.05, 0) is 144 Å². The van der Waals surface area contributed by atoms with Crippen molar-refractivity contribution >= 4 is 98.9 Å². The molecule has 9 N–H and O–H groups in total. The van der Waals surface area contributed by atoms with E-state index < -0.39 is 5.82 Å². The summed E-state index contributed by atoms with van der Waals surface area (Å²) in [7, 11) is 0. The summed E-state index contributed by atoms with van der Waals surface area (Å²) in [6, 6.07) is 38.0. The molecule has 0 unspecified atom stereocenters. The molecule has 12 aromatic heterocycles. The smallest absolute Gasteiger partial charge is 0.272 e. The van der Waals surface area contributed by atoms with Gasteiger partial charge in [-0.25, -0.2) is 29.3 Å². The van der Waals surface area contributed by atoms with E-state index in [2.05, 4.69) is 86.0 Å². The first-order valence-electron chi connectivity index (χ1n) is 35.6. The number of aryl methyl sites for hydroxylation is 2. The van der Waals surface area contributed by atoms with Crippen molar-refractivity contribution in [1.29, 1.82) is 0 Å². The van der Waals surface area contributed by atoms with Crippen molar-refractivity contribution in [1.82, 2.24) is 85.1 Å². The first-order valence-corrected chi connectivity index (χ1v) is 37.5. The van der Waals surface area contributed by atoms with Crippen LogP contribution < -0.4 is 21.3 Å². The molecule has 0 spiro atoms. The first kappa shape index (κ1) is 80.7. The van der Waals surface area contributed by atoms with Crippen LogP contribution in [0.4, 0.5) is 15.8 Å². The lowest BCUT2D eigenvalue weighted by Gasteiger charge is -2.26. The fourth-order valence-corrected chi connectivity index (χ4v) is 13.1. The van der Waals surface area contributed by atoms with E-state index in [4.69, 9.17) is 67.5 Å². The van der Waals surface area contributed by atoms with E-state index in [0.29, 0.717) is 112 Å². The number of carbonyl (C=O) groups is 5. The Bertz CT molecular complexity index is 5400. The second kappa shape index (κ2) is 39.4. The second-order valence-electron chi connectivity index (χ2n) is 25.6. The number of nitrogens with one attached hydrogen (secondary N) is 9. The zero-order chi connectivity index (χ0) is 79.2. The molecule has 578 valence electrons. The maximum absolute atomic E-state index is 13.8. The molecule has 13 aromatic rings. The average molecular weight is 1620 g/mol. The number of aromatic amines is 5. The summed E-state index contributed by atoms with van der Waals surface area (Å²) in [6.07, 6.45) is 21.0. The maximum Gasteiger partial charge on any atom is 0.272 e. The van der Waals surface area contributed by atoms with E-state index in [9.17, 15) is 28.4 Å². The minimum atomic E-state index is -0.511. The molecule has 26 nitrogen and oxygen atoms in total. The lowest BCUT2D eigenvalue weighted by molar-refractivity contribution is 0.0299. The van der Waals surface area contributed by atoms with Gasteiger partial charge in [-0.1, -0.05) is 88.3 Å². The Balaban J connectivity index is 0.000000132. The summed E-state index contributed by atoms with van der Waals surface area (Å²) in [5.41, 5.74) is 15.8. The Morgan fingerprint density at radius 3 is 1.53 bits per heavy atom. The van der Waals surface area contributed by atoms with E-state index in [-0.39, 0.29) is 40.3 Å². The molecule has 113 heavy (non-hydrogen) atoms. The highest BCUT2D eigenvalue weighted by Gasteiger charge is 2.26. The zero-order valence-electron chi connectivity index (χ0n) is 60.9. The average Bonchev–Trinajstić information content (AvgIpc) is 1.62. The fourth-order valence-electron chi connectivity index (χ4n) is 12.2. The number of benzene rings is 1. The van der Waals surface area contributed by atoms with Crippen LogP contribution in [-0.2, 0) is 9.47 Å². The van der Waals surface area contributed by atoms with Gasteiger partial charge in [0, 0.05) is 171 Å². The van der Waals surface area contributed by atoms with Crippen LogP contribution in [0.25, 0.3) is 66.8 Å². The number of pyridine rings is 7. The van der Waals surface area contributed by atoms with Gasteiger partial charge < -0.3 is 65.5 Å². The molecule has 3 aliphatic heterocycles. The van der Waals surface area contributed by atoms with E-state index in [1.54, 1.807) is 103 Å². The molecule has 0 atom stereocenters. The minimum Gasteiger partial charge on any atom is -0.379 e. The van der Waals surface area contributed by atoms with Gasteiger partial charge in [0.1, 0.15) is 60.1 Å². The minimum absolute atomic E-state index is 0.00218. The third-order valence-corrected chi connectivity index (χ3v) is 19.0. The summed E-state index contributed by atoms with van der Waals surface area (Å²) < 4.78 is 24.4. The fraction of sp³-hybridized carbons (Fsp3) is 0.185. The largest absolute Gasteiger partial charge is 0.379 e. The number of amides is 5. The third-order valence-electron chi connectivity index (χ3n) is 17.9. The van der Waals surface area contributed by atoms with Crippen molar-refractivity contribution in [2.24, 2.45) is 0 Å². The van der Waals surface area contributed by atoms with Crippen molar-refractivity contribution in [2.75, 3.05) is 96.1 Å². The number of hydrogen-bond donors (Lipinski definition) is 9. The summed E-state index contributed by atoms with van der Waals surface area (Å²) in [6.45, 7) is 13.1. The number of rotatable bonds is 15. The predicted molar refractivity (Wildman–Crippen MR) is 435 cm³/mol. The van der Waals surface area contributed by atoms with Crippen LogP contribution >= 0.6 is 58.0 Å². The van der Waals surface area contributed by atoms with Gasteiger partial charge in [0.05, 0.1) is 51.2 Å². The van der Waals surface area contributed by atoms with E-state index in [1.165, 1.54) is 18.5 Å². The summed E-state index contributed by atoms with van der Waals surface area (Å²) >= 11 is 29.6. The summed E-state index contributed by atoms with van der Waals surface area (Å²) in [5, 5.41) is 13.6. The highest BCUT2D eigenvalue weighted by atomic mass is 35.5. The van der Waals surface area contributed by atoms with Crippen molar-refractivity contribution in [3.05, 3.63) is 279 Å². The number of morpholine rings is 2. The topological polar surface area (TPSA) is 331 Å². The monoisotopic (exact) mass is 1620 g/mol. The van der Waals surface area contributed by atoms with Crippen molar-refractivity contribution in [3.63, 3.8) is 0 Å². The van der Waals surface area contributed by atoms with Gasteiger partial charge in [-0.2, -0.15) is 0 Å². The number of halogens is 6. The molecule has 0 saturated carbocycles.